The van der Waals surface area contributed by atoms with E-state index in [4.69, 9.17) is 4.74 Å². The molecule has 0 aliphatic heterocycles. The van der Waals surface area contributed by atoms with Crippen molar-refractivity contribution in [2.45, 2.75) is 6.61 Å². The van der Waals surface area contributed by atoms with Crippen LogP contribution in [0.25, 0.3) is 5.69 Å². The van der Waals surface area contributed by atoms with Gasteiger partial charge in [0.15, 0.2) is 5.75 Å². The highest BCUT2D eigenvalue weighted by Crippen LogP contribution is 2.22. The fraction of sp³-hybridized carbons (Fsp3) is 0.0667. The van der Waals surface area contributed by atoms with Gasteiger partial charge in [0.2, 0.25) is 0 Å². The molecule has 0 saturated carbocycles. The minimum Gasteiger partial charge on any atom is -0.484 e. The molecule has 0 saturated heterocycles. The maximum Gasteiger partial charge on any atom is 0.152 e. The van der Waals surface area contributed by atoms with E-state index in [-0.39, 0.29) is 0 Å². The molecule has 0 aliphatic rings. The molecule has 0 bridgehead atoms. The smallest absolute Gasteiger partial charge is 0.152 e. The molecule has 2 aromatic heterocycles. The van der Waals surface area contributed by atoms with Crippen molar-refractivity contribution in [3.05, 3.63) is 71.2 Å². The SMILES string of the molecule is Brc1ncccc1OCc1ccn(-c2ccccc2)n1. The Labute approximate surface area is 125 Å². The van der Waals surface area contributed by atoms with Crippen molar-refractivity contribution >= 4 is 15.9 Å². The van der Waals surface area contributed by atoms with Crippen molar-refractivity contribution in [3.8, 4) is 11.4 Å². The van der Waals surface area contributed by atoms with E-state index < -0.39 is 0 Å². The lowest BCUT2D eigenvalue weighted by molar-refractivity contribution is 0.297. The number of ether oxygens (including phenoxy) is 1. The van der Waals surface area contributed by atoms with Crippen molar-refractivity contribution in [1.29, 1.82) is 0 Å². The van der Waals surface area contributed by atoms with Crippen molar-refractivity contribution < 1.29 is 4.74 Å². The molecule has 0 unspecified atom stereocenters. The monoisotopic (exact) mass is 329 g/mol. The molecule has 0 atom stereocenters. The van der Waals surface area contributed by atoms with Crippen LogP contribution in [-0.2, 0) is 6.61 Å². The van der Waals surface area contributed by atoms with Gasteiger partial charge in [-0.2, -0.15) is 5.10 Å². The van der Waals surface area contributed by atoms with E-state index in [1.54, 1.807) is 6.20 Å². The van der Waals surface area contributed by atoms with Gasteiger partial charge in [-0.1, -0.05) is 18.2 Å². The molecule has 0 amide bonds. The second-order valence-corrected chi connectivity index (χ2v) is 4.92. The molecular weight excluding hydrogens is 318 g/mol. The summed E-state index contributed by atoms with van der Waals surface area (Å²) in [6.07, 6.45) is 3.63. The topological polar surface area (TPSA) is 39.9 Å². The lowest BCUT2D eigenvalue weighted by atomic mass is 10.3. The number of aromatic nitrogens is 3. The van der Waals surface area contributed by atoms with Gasteiger partial charge in [-0.3, -0.25) is 0 Å². The number of nitrogens with zero attached hydrogens (tertiary/aromatic N) is 3. The number of hydrogen-bond donors (Lipinski definition) is 0. The molecule has 100 valence electrons. The van der Waals surface area contributed by atoms with Crippen LogP contribution >= 0.6 is 15.9 Å². The third kappa shape index (κ3) is 2.88. The number of halogens is 1. The summed E-state index contributed by atoms with van der Waals surface area (Å²) in [6.45, 7) is 0.407. The first-order valence-corrected chi connectivity index (χ1v) is 6.95. The summed E-state index contributed by atoms with van der Waals surface area (Å²) < 4.78 is 8.21. The van der Waals surface area contributed by atoms with Crippen LogP contribution in [0, 0.1) is 0 Å². The van der Waals surface area contributed by atoms with E-state index in [1.165, 1.54) is 0 Å². The van der Waals surface area contributed by atoms with Gasteiger partial charge in [0, 0.05) is 12.4 Å². The first-order valence-electron chi connectivity index (χ1n) is 6.16. The summed E-state index contributed by atoms with van der Waals surface area (Å²) in [7, 11) is 0. The zero-order valence-corrected chi connectivity index (χ0v) is 12.2. The predicted octanol–water partition coefficient (Wildman–Crippen LogP) is 3.61. The van der Waals surface area contributed by atoms with E-state index >= 15 is 0 Å². The molecule has 4 nitrogen and oxygen atoms in total. The van der Waals surface area contributed by atoms with Crippen molar-refractivity contribution in [1.82, 2.24) is 14.8 Å². The number of hydrogen-bond acceptors (Lipinski definition) is 3. The maximum atomic E-state index is 5.69. The Morgan fingerprint density at radius 2 is 1.90 bits per heavy atom. The van der Waals surface area contributed by atoms with Crippen molar-refractivity contribution in [2.75, 3.05) is 0 Å². The van der Waals surface area contributed by atoms with E-state index in [0.29, 0.717) is 17.0 Å². The summed E-state index contributed by atoms with van der Waals surface area (Å²) in [5.41, 5.74) is 1.89. The number of para-hydroxylation sites is 1. The second-order valence-electron chi connectivity index (χ2n) is 4.17. The van der Waals surface area contributed by atoms with E-state index in [9.17, 15) is 0 Å². The summed E-state index contributed by atoms with van der Waals surface area (Å²) >= 11 is 3.35. The lowest BCUT2D eigenvalue weighted by Crippen LogP contribution is -2.00. The summed E-state index contributed by atoms with van der Waals surface area (Å²) in [5.74, 6) is 0.710. The Kier molecular flexibility index (Phi) is 3.78. The molecular formula is C15H12BrN3O. The van der Waals surface area contributed by atoms with Gasteiger partial charge in [0.1, 0.15) is 16.9 Å². The third-order valence-electron chi connectivity index (χ3n) is 2.77. The van der Waals surface area contributed by atoms with Crippen molar-refractivity contribution in [3.63, 3.8) is 0 Å². The molecule has 0 fully saturated rings. The van der Waals surface area contributed by atoms with Crippen LogP contribution in [-0.4, -0.2) is 14.8 Å². The highest BCUT2D eigenvalue weighted by atomic mass is 79.9. The molecule has 0 N–H and O–H groups in total. The Morgan fingerprint density at radius 1 is 1.05 bits per heavy atom. The third-order valence-corrected chi connectivity index (χ3v) is 3.36. The molecule has 0 aliphatic carbocycles. The van der Waals surface area contributed by atoms with Gasteiger partial charge in [0.25, 0.3) is 0 Å². The Balaban J connectivity index is 1.71. The van der Waals surface area contributed by atoms with Gasteiger partial charge in [0.05, 0.1) is 5.69 Å². The molecule has 3 aromatic rings. The van der Waals surface area contributed by atoms with Crippen LogP contribution in [0.1, 0.15) is 5.69 Å². The molecule has 20 heavy (non-hydrogen) atoms. The first kappa shape index (κ1) is 12.9. The van der Waals surface area contributed by atoms with Crippen LogP contribution < -0.4 is 4.74 Å². The lowest BCUT2D eigenvalue weighted by Gasteiger charge is -2.05. The average Bonchev–Trinajstić information content (AvgIpc) is 2.96. The molecule has 0 radical (unpaired) electrons. The Hall–Kier alpha value is -2.14. The molecule has 0 spiro atoms. The molecule has 2 heterocycles. The van der Waals surface area contributed by atoms with E-state index in [0.717, 1.165) is 11.4 Å². The van der Waals surface area contributed by atoms with E-state index in [2.05, 4.69) is 26.0 Å². The van der Waals surface area contributed by atoms with Gasteiger partial charge >= 0.3 is 0 Å². The van der Waals surface area contributed by atoms with Gasteiger partial charge in [-0.05, 0) is 46.3 Å². The second kappa shape index (κ2) is 5.88. The Bertz CT molecular complexity index is 697. The van der Waals surface area contributed by atoms with Gasteiger partial charge in [-0.25, -0.2) is 9.67 Å². The number of rotatable bonds is 4. The molecule has 5 heteroatoms. The largest absolute Gasteiger partial charge is 0.484 e. The van der Waals surface area contributed by atoms with Gasteiger partial charge < -0.3 is 4.74 Å². The van der Waals surface area contributed by atoms with Crippen LogP contribution in [0.4, 0.5) is 0 Å². The zero-order valence-electron chi connectivity index (χ0n) is 10.6. The summed E-state index contributed by atoms with van der Waals surface area (Å²) in [6, 6.07) is 15.6. The normalized spacial score (nSPS) is 10.4. The first-order chi connectivity index (χ1) is 9.83. The van der Waals surface area contributed by atoms with Crippen LogP contribution in [0.2, 0.25) is 0 Å². The van der Waals surface area contributed by atoms with Gasteiger partial charge in [-0.15, -0.1) is 0 Å². The number of pyridine rings is 1. The standard InChI is InChI=1S/C15H12BrN3O/c16-15-14(7-4-9-17-15)20-11-12-8-10-19(18-12)13-5-2-1-3-6-13/h1-10H,11H2. The average molecular weight is 330 g/mol. The quantitative estimate of drug-likeness (QED) is 0.686. The highest BCUT2D eigenvalue weighted by Gasteiger charge is 2.04. The van der Waals surface area contributed by atoms with Crippen molar-refractivity contribution in [2.24, 2.45) is 0 Å². The van der Waals surface area contributed by atoms with Crippen LogP contribution in [0.3, 0.4) is 0 Å². The minimum absolute atomic E-state index is 0.407. The highest BCUT2D eigenvalue weighted by molar-refractivity contribution is 9.10. The zero-order chi connectivity index (χ0) is 13.8. The molecule has 1 aromatic carbocycles. The minimum atomic E-state index is 0.407. The van der Waals surface area contributed by atoms with Crippen LogP contribution in [0.5, 0.6) is 5.75 Å². The predicted molar refractivity (Wildman–Crippen MR) is 79.8 cm³/mol. The Morgan fingerprint density at radius 3 is 2.70 bits per heavy atom. The fourth-order valence-corrected chi connectivity index (χ4v) is 2.16. The fourth-order valence-electron chi connectivity index (χ4n) is 1.79. The molecule has 3 rings (SSSR count). The summed E-state index contributed by atoms with van der Waals surface area (Å²) in [5, 5.41) is 4.48. The van der Waals surface area contributed by atoms with Crippen LogP contribution in [0.15, 0.2) is 65.5 Å². The maximum absolute atomic E-state index is 5.69. The summed E-state index contributed by atoms with van der Waals surface area (Å²) in [4.78, 5) is 4.11. The number of benzene rings is 1. The van der Waals surface area contributed by atoms with E-state index in [1.807, 2.05) is 59.4 Å².